The van der Waals surface area contributed by atoms with Crippen LogP contribution in [0.4, 0.5) is 0 Å². The predicted molar refractivity (Wildman–Crippen MR) is 115 cm³/mol. The van der Waals surface area contributed by atoms with Crippen LogP contribution in [0.25, 0.3) is 21.9 Å². The number of benzene rings is 3. The van der Waals surface area contributed by atoms with Crippen molar-refractivity contribution < 1.29 is 23.4 Å². The van der Waals surface area contributed by atoms with Gasteiger partial charge in [-0.25, -0.2) is 0 Å². The minimum absolute atomic E-state index is 0.0484. The van der Waals surface area contributed by atoms with E-state index in [2.05, 4.69) is 5.32 Å². The van der Waals surface area contributed by atoms with E-state index in [1.54, 1.807) is 14.2 Å². The highest BCUT2D eigenvalue weighted by Crippen LogP contribution is 2.31. The molecule has 1 N–H and O–H groups in total. The number of rotatable bonds is 8. The number of carbonyl (C=O) groups excluding carboxylic acids is 1. The molecule has 6 nitrogen and oxygen atoms in total. The summed E-state index contributed by atoms with van der Waals surface area (Å²) in [5, 5.41) is 4.87. The second-order valence-electron chi connectivity index (χ2n) is 6.83. The molecule has 0 unspecified atom stereocenters. The Morgan fingerprint density at radius 2 is 1.70 bits per heavy atom. The molecule has 1 heterocycles. The molecule has 0 bridgehead atoms. The molecule has 154 valence electrons. The number of ether oxygens (including phenoxy) is 3. The average molecular weight is 405 g/mol. The lowest BCUT2D eigenvalue weighted by Crippen LogP contribution is -2.30. The zero-order valence-corrected chi connectivity index (χ0v) is 16.9. The van der Waals surface area contributed by atoms with Crippen LogP contribution < -0.4 is 19.5 Å². The number of nitrogens with one attached hydrogen (secondary N) is 1. The van der Waals surface area contributed by atoms with Gasteiger partial charge in [0.2, 0.25) is 0 Å². The van der Waals surface area contributed by atoms with Crippen molar-refractivity contribution in [1.29, 1.82) is 0 Å². The van der Waals surface area contributed by atoms with Crippen molar-refractivity contribution in [3.05, 3.63) is 66.2 Å². The molecule has 4 rings (SSSR count). The molecular weight excluding hydrogens is 382 g/mol. The first-order valence-corrected chi connectivity index (χ1v) is 9.69. The van der Waals surface area contributed by atoms with E-state index < -0.39 is 0 Å². The summed E-state index contributed by atoms with van der Waals surface area (Å²) in [6.45, 7) is 0.455. The van der Waals surface area contributed by atoms with Gasteiger partial charge in [-0.2, -0.15) is 0 Å². The molecule has 4 aromatic rings. The van der Waals surface area contributed by atoms with Gasteiger partial charge in [-0.15, -0.1) is 0 Å². The Labute approximate surface area is 174 Å². The first-order valence-electron chi connectivity index (χ1n) is 9.69. The van der Waals surface area contributed by atoms with Crippen LogP contribution >= 0.6 is 0 Å². The summed E-state index contributed by atoms with van der Waals surface area (Å²) in [7, 11) is 3.20. The van der Waals surface area contributed by atoms with Gasteiger partial charge in [0.1, 0.15) is 16.9 Å². The van der Waals surface area contributed by atoms with Crippen LogP contribution in [0.2, 0.25) is 0 Å². The van der Waals surface area contributed by atoms with Crippen LogP contribution in [-0.2, 0) is 11.2 Å². The van der Waals surface area contributed by atoms with Crippen LogP contribution in [0.15, 0.2) is 65.1 Å². The smallest absolute Gasteiger partial charge is 0.257 e. The Morgan fingerprint density at radius 1 is 0.900 bits per heavy atom. The number of methoxy groups -OCH3 is 2. The number of fused-ring (bicyclic) bond motifs is 3. The molecule has 0 aliphatic heterocycles. The Balaban J connectivity index is 1.31. The van der Waals surface area contributed by atoms with E-state index in [0.717, 1.165) is 27.5 Å². The molecule has 0 aliphatic carbocycles. The van der Waals surface area contributed by atoms with Crippen molar-refractivity contribution in [3.8, 4) is 17.2 Å². The number of furan rings is 1. The molecule has 1 aromatic heterocycles. The maximum absolute atomic E-state index is 12.2. The first kappa shape index (κ1) is 19.6. The van der Waals surface area contributed by atoms with Crippen molar-refractivity contribution in [2.45, 2.75) is 6.42 Å². The van der Waals surface area contributed by atoms with E-state index in [9.17, 15) is 4.79 Å². The topological polar surface area (TPSA) is 69.9 Å². The van der Waals surface area contributed by atoms with Gasteiger partial charge in [0.05, 0.1) is 14.2 Å². The molecule has 0 radical (unpaired) electrons. The van der Waals surface area contributed by atoms with Gasteiger partial charge in [0, 0.05) is 17.3 Å². The summed E-state index contributed by atoms with van der Waals surface area (Å²) in [5.74, 6) is 1.81. The number of amides is 1. The molecule has 30 heavy (non-hydrogen) atoms. The molecule has 1 amide bonds. The predicted octanol–water partition coefficient (Wildman–Crippen LogP) is 4.34. The summed E-state index contributed by atoms with van der Waals surface area (Å²) >= 11 is 0. The first-order chi connectivity index (χ1) is 14.7. The van der Waals surface area contributed by atoms with Crippen molar-refractivity contribution in [2.24, 2.45) is 0 Å². The normalized spacial score (nSPS) is 10.9. The maximum atomic E-state index is 12.2. The third kappa shape index (κ3) is 4.17. The molecule has 0 fully saturated rings. The third-order valence-electron chi connectivity index (χ3n) is 4.90. The average Bonchev–Trinajstić information content (AvgIpc) is 3.15. The SMILES string of the molecule is COc1ccc(CCNC(=O)COc2ccc3oc4ccccc4c3c2)cc1OC. The Hall–Kier alpha value is -3.67. The lowest BCUT2D eigenvalue weighted by Gasteiger charge is -2.10. The van der Waals surface area contributed by atoms with E-state index >= 15 is 0 Å². The van der Waals surface area contributed by atoms with Crippen molar-refractivity contribution in [1.82, 2.24) is 5.32 Å². The maximum Gasteiger partial charge on any atom is 0.257 e. The molecule has 0 spiro atoms. The lowest BCUT2D eigenvalue weighted by atomic mass is 10.1. The molecule has 0 atom stereocenters. The molecular formula is C24H23NO5. The van der Waals surface area contributed by atoms with Gasteiger partial charge in [-0.05, 0) is 48.4 Å². The Bertz CT molecular complexity index is 1180. The van der Waals surface area contributed by atoms with Crippen molar-refractivity contribution in [2.75, 3.05) is 27.4 Å². The van der Waals surface area contributed by atoms with Gasteiger partial charge in [-0.3, -0.25) is 4.79 Å². The third-order valence-corrected chi connectivity index (χ3v) is 4.90. The molecule has 0 saturated heterocycles. The number of carbonyl (C=O) groups is 1. The number of para-hydroxylation sites is 1. The summed E-state index contributed by atoms with van der Waals surface area (Å²) < 4.78 is 22.0. The minimum Gasteiger partial charge on any atom is -0.493 e. The second kappa shape index (κ2) is 8.78. The fourth-order valence-corrected chi connectivity index (χ4v) is 3.38. The van der Waals surface area contributed by atoms with Crippen LogP contribution in [0.5, 0.6) is 17.2 Å². The van der Waals surface area contributed by atoms with Gasteiger partial charge in [-0.1, -0.05) is 24.3 Å². The van der Waals surface area contributed by atoms with Crippen molar-refractivity contribution in [3.63, 3.8) is 0 Å². The summed E-state index contributed by atoms with van der Waals surface area (Å²) in [4.78, 5) is 12.2. The van der Waals surface area contributed by atoms with Crippen LogP contribution in [0.1, 0.15) is 5.56 Å². The molecule has 6 heteroatoms. The fourth-order valence-electron chi connectivity index (χ4n) is 3.38. The summed E-state index contributed by atoms with van der Waals surface area (Å²) in [6.07, 6.45) is 0.680. The highest BCUT2D eigenvalue weighted by Gasteiger charge is 2.09. The highest BCUT2D eigenvalue weighted by molar-refractivity contribution is 6.05. The second-order valence-corrected chi connectivity index (χ2v) is 6.83. The highest BCUT2D eigenvalue weighted by atomic mass is 16.5. The monoisotopic (exact) mass is 405 g/mol. The van der Waals surface area contributed by atoms with E-state index in [1.807, 2.05) is 60.7 Å². The lowest BCUT2D eigenvalue weighted by molar-refractivity contribution is -0.123. The van der Waals surface area contributed by atoms with Gasteiger partial charge in [0.25, 0.3) is 5.91 Å². The zero-order chi connectivity index (χ0) is 20.9. The molecule has 0 saturated carbocycles. The number of hydrogen-bond acceptors (Lipinski definition) is 5. The van der Waals surface area contributed by atoms with E-state index in [4.69, 9.17) is 18.6 Å². The standard InChI is InChI=1S/C24H23NO5/c1-27-22-9-7-16(13-23(22)28-2)11-12-25-24(26)15-29-17-8-10-21-19(14-17)18-5-3-4-6-20(18)30-21/h3-10,13-14H,11-12,15H2,1-2H3,(H,25,26). The zero-order valence-electron chi connectivity index (χ0n) is 16.9. The van der Waals surface area contributed by atoms with Crippen LogP contribution in [0.3, 0.4) is 0 Å². The van der Waals surface area contributed by atoms with Gasteiger partial charge in [0.15, 0.2) is 18.1 Å². The van der Waals surface area contributed by atoms with Crippen molar-refractivity contribution >= 4 is 27.8 Å². The summed E-state index contributed by atoms with van der Waals surface area (Å²) in [5.41, 5.74) is 2.67. The van der Waals surface area contributed by atoms with E-state index in [-0.39, 0.29) is 12.5 Å². The quantitative estimate of drug-likeness (QED) is 0.472. The van der Waals surface area contributed by atoms with Crippen LogP contribution in [-0.4, -0.2) is 33.3 Å². The largest absolute Gasteiger partial charge is 0.493 e. The molecule has 3 aromatic carbocycles. The fraction of sp³-hybridized carbons (Fsp3) is 0.208. The molecule has 0 aliphatic rings. The van der Waals surface area contributed by atoms with Crippen LogP contribution in [0, 0.1) is 0 Å². The minimum atomic E-state index is -0.173. The van der Waals surface area contributed by atoms with Gasteiger partial charge >= 0.3 is 0 Å². The van der Waals surface area contributed by atoms with Gasteiger partial charge < -0.3 is 23.9 Å². The summed E-state index contributed by atoms with van der Waals surface area (Å²) in [6, 6.07) is 19.1. The number of hydrogen-bond donors (Lipinski definition) is 1. The van der Waals surface area contributed by atoms with E-state index in [0.29, 0.717) is 30.2 Å². The Kier molecular flexibility index (Phi) is 5.75. The Morgan fingerprint density at radius 3 is 2.53 bits per heavy atom. The van der Waals surface area contributed by atoms with E-state index in [1.165, 1.54) is 0 Å².